The number of benzene rings is 1. The second kappa shape index (κ2) is 6.11. The summed E-state index contributed by atoms with van der Waals surface area (Å²) in [6, 6.07) is 7.54. The van der Waals surface area contributed by atoms with Gasteiger partial charge in [-0.3, -0.25) is 14.5 Å². The van der Waals surface area contributed by atoms with Crippen LogP contribution in [0, 0.1) is 5.92 Å². The second-order valence-electron chi connectivity index (χ2n) is 8.06. The van der Waals surface area contributed by atoms with Gasteiger partial charge in [0.2, 0.25) is 5.91 Å². The maximum absolute atomic E-state index is 13.1. The zero-order valence-corrected chi connectivity index (χ0v) is 15.3. The lowest BCUT2D eigenvalue weighted by Crippen LogP contribution is -2.46. The minimum absolute atomic E-state index is 0.131. The van der Waals surface area contributed by atoms with E-state index in [2.05, 4.69) is 19.2 Å². The molecule has 1 aromatic rings. The van der Waals surface area contributed by atoms with Crippen LogP contribution in [-0.2, 0) is 21.5 Å². The molecule has 1 heterocycles. The SMILES string of the molecule is CC(C)CN(C(=O)CN1C(=O)NC2(CCc3ccccc32)C1=O)C1CC1. The molecule has 0 radical (unpaired) electrons. The lowest BCUT2D eigenvalue weighted by Gasteiger charge is -2.26. The fourth-order valence-corrected chi connectivity index (χ4v) is 4.19. The standard InChI is InChI=1S/C20H25N3O3/c1-13(2)11-22(15-7-8-15)17(24)12-23-18(25)20(21-19(23)26)10-9-14-5-3-4-6-16(14)20/h3-6,13,15H,7-12H2,1-2H3,(H,21,26). The van der Waals surface area contributed by atoms with Gasteiger partial charge in [0, 0.05) is 12.6 Å². The van der Waals surface area contributed by atoms with E-state index in [1.54, 1.807) is 0 Å². The molecule has 6 heteroatoms. The first-order valence-electron chi connectivity index (χ1n) is 9.44. The molecular formula is C20H25N3O3. The van der Waals surface area contributed by atoms with Crippen molar-refractivity contribution in [2.24, 2.45) is 5.92 Å². The van der Waals surface area contributed by atoms with E-state index in [0.717, 1.165) is 35.3 Å². The summed E-state index contributed by atoms with van der Waals surface area (Å²) in [5.74, 6) is -0.0650. The van der Waals surface area contributed by atoms with Crippen LogP contribution in [-0.4, -0.2) is 46.8 Å². The second-order valence-corrected chi connectivity index (χ2v) is 8.06. The van der Waals surface area contributed by atoms with Crippen LogP contribution in [0.15, 0.2) is 24.3 Å². The van der Waals surface area contributed by atoms with Crippen molar-refractivity contribution in [1.29, 1.82) is 0 Å². The Hall–Kier alpha value is -2.37. The monoisotopic (exact) mass is 355 g/mol. The number of imide groups is 1. The molecule has 1 saturated carbocycles. The number of carbonyl (C=O) groups excluding carboxylic acids is 3. The molecule has 1 unspecified atom stereocenters. The van der Waals surface area contributed by atoms with Gasteiger partial charge in [-0.2, -0.15) is 0 Å². The lowest BCUT2D eigenvalue weighted by molar-refractivity contribution is -0.139. The number of rotatable bonds is 5. The quantitative estimate of drug-likeness (QED) is 0.822. The van der Waals surface area contributed by atoms with Gasteiger partial charge in [0.15, 0.2) is 0 Å². The molecule has 138 valence electrons. The van der Waals surface area contributed by atoms with Gasteiger partial charge in [-0.05, 0) is 42.7 Å². The normalized spacial score (nSPS) is 24.3. The van der Waals surface area contributed by atoms with E-state index < -0.39 is 11.6 Å². The van der Waals surface area contributed by atoms with E-state index in [-0.39, 0.29) is 24.4 Å². The van der Waals surface area contributed by atoms with Crippen LogP contribution < -0.4 is 5.32 Å². The average molecular weight is 355 g/mol. The predicted octanol–water partition coefficient (Wildman–Crippen LogP) is 2.03. The molecule has 4 rings (SSSR count). The highest BCUT2D eigenvalue weighted by molar-refractivity contribution is 6.09. The Balaban J connectivity index is 1.54. The number of hydrogen-bond donors (Lipinski definition) is 1. The first-order chi connectivity index (χ1) is 12.4. The number of amides is 4. The third kappa shape index (κ3) is 2.68. The number of carbonyl (C=O) groups is 3. The maximum Gasteiger partial charge on any atom is 0.325 e. The van der Waals surface area contributed by atoms with Gasteiger partial charge in [-0.15, -0.1) is 0 Å². The van der Waals surface area contributed by atoms with Crippen molar-refractivity contribution in [2.45, 2.75) is 51.1 Å². The van der Waals surface area contributed by atoms with Gasteiger partial charge < -0.3 is 10.2 Å². The van der Waals surface area contributed by atoms with Crippen molar-refractivity contribution in [3.8, 4) is 0 Å². The number of aryl methyl sites for hydroxylation is 1. The first-order valence-corrected chi connectivity index (χ1v) is 9.44. The molecule has 0 bridgehead atoms. The molecule has 1 saturated heterocycles. The summed E-state index contributed by atoms with van der Waals surface area (Å²) in [6.45, 7) is 4.64. The van der Waals surface area contributed by atoms with Crippen LogP contribution >= 0.6 is 0 Å². The Labute approximate surface area is 153 Å². The van der Waals surface area contributed by atoms with Crippen LogP contribution in [0.2, 0.25) is 0 Å². The lowest BCUT2D eigenvalue weighted by atomic mass is 9.92. The molecule has 1 spiro atoms. The van der Waals surface area contributed by atoms with Crippen LogP contribution in [0.5, 0.6) is 0 Å². The van der Waals surface area contributed by atoms with Gasteiger partial charge in [0.1, 0.15) is 12.1 Å². The Morgan fingerprint density at radius 2 is 2.04 bits per heavy atom. The molecule has 2 fully saturated rings. The Morgan fingerprint density at radius 3 is 2.73 bits per heavy atom. The average Bonchev–Trinajstić information content (AvgIpc) is 3.35. The number of fused-ring (bicyclic) bond motifs is 2. The Kier molecular flexibility index (Phi) is 4.01. The predicted molar refractivity (Wildman–Crippen MR) is 96.3 cm³/mol. The van der Waals surface area contributed by atoms with E-state index in [0.29, 0.717) is 18.9 Å². The number of urea groups is 1. The minimum Gasteiger partial charge on any atom is -0.338 e. The van der Waals surface area contributed by atoms with Crippen LogP contribution in [0.1, 0.15) is 44.2 Å². The van der Waals surface area contributed by atoms with Crippen LogP contribution in [0.4, 0.5) is 4.79 Å². The molecular weight excluding hydrogens is 330 g/mol. The summed E-state index contributed by atoms with van der Waals surface area (Å²) in [5, 5.41) is 2.88. The van der Waals surface area contributed by atoms with Crippen molar-refractivity contribution >= 4 is 17.8 Å². The van der Waals surface area contributed by atoms with Crippen LogP contribution in [0.25, 0.3) is 0 Å². The van der Waals surface area contributed by atoms with E-state index >= 15 is 0 Å². The van der Waals surface area contributed by atoms with E-state index in [1.165, 1.54) is 0 Å². The zero-order valence-electron chi connectivity index (χ0n) is 15.3. The summed E-state index contributed by atoms with van der Waals surface area (Å²) in [6.07, 6.45) is 3.33. The van der Waals surface area contributed by atoms with E-state index in [9.17, 15) is 14.4 Å². The van der Waals surface area contributed by atoms with Gasteiger partial charge in [0.05, 0.1) is 0 Å². The molecule has 26 heavy (non-hydrogen) atoms. The first kappa shape index (κ1) is 17.1. The van der Waals surface area contributed by atoms with Gasteiger partial charge >= 0.3 is 6.03 Å². The smallest absolute Gasteiger partial charge is 0.325 e. The van der Waals surface area contributed by atoms with Crippen molar-refractivity contribution in [3.05, 3.63) is 35.4 Å². The third-order valence-electron chi connectivity index (χ3n) is 5.59. The summed E-state index contributed by atoms with van der Waals surface area (Å²) in [7, 11) is 0. The highest BCUT2D eigenvalue weighted by atomic mass is 16.2. The number of nitrogens with one attached hydrogen (secondary N) is 1. The Bertz CT molecular complexity index is 771. The van der Waals surface area contributed by atoms with Gasteiger partial charge in [-0.1, -0.05) is 38.1 Å². The third-order valence-corrected chi connectivity index (χ3v) is 5.59. The molecule has 1 N–H and O–H groups in total. The van der Waals surface area contributed by atoms with Gasteiger partial charge in [0.25, 0.3) is 5.91 Å². The summed E-state index contributed by atoms with van der Waals surface area (Å²) < 4.78 is 0. The van der Waals surface area contributed by atoms with Crippen molar-refractivity contribution < 1.29 is 14.4 Å². The summed E-state index contributed by atoms with van der Waals surface area (Å²) >= 11 is 0. The van der Waals surface area contributed by atoms with E-state index in [4.69, 9.17) is 0 Å². The topological polar surface area (TPSA) is 69.7 Å². The van der Waals surface area contributed by atoms with Crippen molar-refractivity contribution in [2.75, 3.05) is 13.1 Å². The highest BCUT2D eigenvalue weighted by Gasteiger charge is 2.55. The fraction of sp³-hybridized carbons (Fsp3) is 0.550. The molecule has 2 aliphatic carbocycles. The van der Waals surface area contributed by atoms with Crippen molar-refractivity contribution in [3.63, 3.8) is 0 Å². The molecule has 1 atom stereocenters. The molecule has 4 amide bonds. The fourth-order valence-electron chi connectivity index (χ4n) is 4.19. The molecule has 1 aliphatic heterocycles. The Morgan fingerprint density at radius 1 is 1.31 bits per heavy atom. The van der Waals surface area contributed by atoms with Gasteiger partial charge in [-0.25, -0.2) is 4.79 Å². The summed E-state index contributed by atoms with van der Waals surface area (Å²) in [4.78, 5) is 41.5. The van der Waals surface area contributed by atoms with Crippen LogP contribution in [0.3, 0.4) is 0 Å². The largest absolute Gasteiger partial charge is 0.338 e. The minimum atomic E-state index is -0.990. The summed E-state index contributed by atoms with van der Waals surface area (Å²) in [5.41, 5.74) is 0.972. The molecule has 6 nitrogen and oxygen atoms in total. The molecule has 1 aromatic carbocycles. The molecule has 0 aromatic heterocycles. The highest BCUT2D eigenvalue weighted by Crippen LogP contribution is 2.41. The molecule has 3 aliphatic rings. The number of hydrogen-bond acceptors (Lipinski definition) is 3. The maximum atomic E-state index is 13.1. The van der Waals surface area contributed by atoms with E-state index in [1.807, 2.05) is 29.2 Å². The zero-order chi connectivity index (χ0) is 18.5. The number of nitrogens with zero attached hydrogens (tertiary/aromatic N) is 2. The van der Waals surface area contributed by atoms with Crippen molar-refractivity contribution in [1.82, 2.24) is 15.1 Å².